The molecule has 2 aliphatic rings. The third kappa shape index (κ3) is 2.86. The van der Waals surface area contributed by atoms with Crippen molar-refractivity contribution >= 4 is 11.6 Å². The van der Waals surface area contributed by atoms with Crippen LogP contribution in [0.3, 0.4) is 0 Å². The van der Waals surface area contributed by atoms with Crippen molar-refractivity contribution in [3.8, 4) is 11.5 Å². The van der Waals surface area contributed by atoms with Crippen molar-refractivity contribution in [3.05, 3.63) is 22.5 Å². The zero-order valence-electron chi connectivity index (χ0n) is 11.4. The van der Waals surface area contributed by atoms with Crippen molar-refractivity contribution in [1.82, 2.24) is 5.32 Å². The Morgan fingerprint density at radius 2 is 2.00 bits per heavy atom. The van der Waals surface area contributed by atoms with Gasteiger partial charge < -0.3 is 14.8 Å². The van der Waals surface area contributed by atoms with E-state index in [-0.39, 0.29) is 10.8 Å². The molecule has 0 amide bonds. The molecule has 2 aliphatic heterocycles. The highest BCUT2D eigenvalue weighted by Crippen LogP contribution is 2.41. The number of hydrogen-bond acceptors (Lipinski definition) is 3. The topological polar surface area (TPSA) is 30.5 Å². The molecule has 0 aromatic heterocycles. The Bertz CT molecular complexity index is 489. The SMILES string of the molecule is Fc1c(CC2CCNCC2)cc2c(c1Cl)OCCCO2. The minimum absolute atomic E-state index is 0.0633. The standard InChI is InChI=1S/C15H19ClFNO2/c16-13-14(17)11(8-10-2-4-18-5-3-10)9-12-15(13)20-7-1-6-19-12/h9-10,18H,1-8H2. The zero-order chi connectivity index (χ0) is 13.9. The third-order valence-corrected chi connectivity index (χ3v) is 4.30. The van der Waals surface area contributed by atoms with E-state index in [4.69, 9.17) is 21.1 Å². The largest absolute Gasteiger partial charge is 0.489 e. The maximum absolute atomic E-state index is 14.4. The Morgan fingerprint density at radius 3 is 2.80 bits per heavy atom. The summed E-state index contributed by atoms with van der Waals surface area (Å²) >= 11 is 6.11. The number of hydrogen-bond donors (Lipinski definition) is 1. The summed E-state index contributed by atoms with van der Waals surface area (Å²) in [4.78, 5) is 0. The highest BCUT2D eigenvalue weighted by Gasteiger charge is 2.23. The molecule has 1 aromatic carbocycles. The van der Waals surface area contributed by atoms with Gasteiger partial charge in [-0.05, 0) is 49.9 Å². The van der Waals surface area contributed by atoms with Crippen molar-refractivity contribution in [1.29, 1.82) is 0 Å². The number of fused-ring (bicyclic) bond motifs is 1. The van der Waals surface area contributed by atoms with Gasteiger partial charge in [0.05, 0.1) is 13.2 Å². The van der Waals surface area contributed by atoms with Crippen LogP contribution in [0.25, 0.3) is 0 Å². The minimum atomic E-state index is -0.352. The van der Waals surface area contributed by atoms with Crippen LogP contribution in [0, 0.1) is 11.7 Å². The fraction of sp³-hybridized carbons (Fsp3) is 0.600. The molecule has 1 saturated heterocycles. The lowest BCUT2D eigenvalue weighted by molar-refractivity contribution is 0.296. The Labute approximate surface area is 123 Å². The quantitative estimate of drug-likeness (QED) is 0.910. The van der Waals surface area contributed by atoms with Crippen LogP contribution in [-0.2, 0) is 6.42 Å². The van der Waals surface area contributed by atoms with E-state index in [2.05, 4.69) is 5.32 Å². The van der Waals surface area contributed by atoms with Crippen LogP contribution in [0.5, 0.6) is 11.5 Å². The molecule has 110 valence electrons. The van der Waals surface area contributed by atoms with E-state index in [9.17, 15) is 4.39 Å². The summed E-state index contributed by atoms with van der Waals surface area (Å²) in [6, 6.07) is 1.77. The van der Waals surface area contributed by atoms with Crippen molar-refractivity contribution in [2.45, 2.75) is 25.7 Å². The first-order valence-corrected chi connectivity index (χ1v) is 7.60. The molecule has 3 nitrogen and oxygen atoms in total. The zero-order valence-corrected chi connectivity index (χ0v) is 12.1. The average Bonchev–Trinajstić information content (AvgIpc) is 2.71. The molecule has 0 atom stereocenters. The van der Waals surface area contributed by atoms with E-state index in [1.165, 1.54) is 0 Å². The lowest BCUT2D eigenvalue weighted by Crippen LogP contribution is -2.28. The lowest BCUT2D eigenvalue weighted by atomic mass is 9.90. The van der Waals surface area contributed by atoms with Crippen LogP contribution in [0.15, 0.2) is 6.07 Å². The fourth-order valence-corrected chi connectivity index (χ4v) is 3.11. The molecule has 20 heavy (non-hydrogen) atoms. The third-order valence-electron chi connectivity index (χ3n) is 3.96. The van der Waals surface area contributed by atoms with Crippen molar-refractivity contribution in [3.63, 3.8) is 0 Å². The van der Waals surface area contributed by atoms with Crippen LogP contribution < -0.4 is 14.8 Å². The second kappa shape index (κ2) is 6.19. The van der Waals surface area contributed by atoms with Crippen LogP contribution in [-0.4, -0.2) is 26.3 Å². The van der Waals surface area contributed by atoms with Gasteiger partial charge in [-0.1, -0.05) is 11.6 Å². The summed E-state index contributed by atoms with van der Waals surface area (Å²) in [5.41, 5.74) is 0.645. The molecule has 0 radical (unpaired) electrons. The lowest BCUT2D eigenvalue weighted by Gasteiger charge is -2.23. The molecule has 1 aromatic rings. The molecule has 1 fully saturated rings. The normalized spacial score (nSPS) is 19.7. The van der Waals surface area contributed by atoms with E-state index in [0.717, 1.165) is 32.4 Å². The molecule has 0 spiro atoms. The first-order chi connectivity index (χ1) is 9.75. The summed E-state index contributed by atoms with van der Waals surface area (Å²) in [6.45, 7) is 3.11. The van der Waals surface area contributed by atoms with E-state index >= 15 is 0 Å². The summed E-state index contributed by atoms with van der Waals surface area (Å²) < 4.78 is 25.5. The summed E-state index contributed by atoms with van der Waals surface area (Å²) in [6.07, 6.45) is 3.65. The number of piperidine rings is 1. The van der Waals surface area contributed by atoms with Gasteiger partial charge in [0.15, 0.2) is 11.5 Å². The van der Waals surface area contributed by atoms with Crippen LogP contribution in [0.4, 0.5) is 4.39 Å². The Balaban J connectivity index is 1.86. The van der Waals surface area contributed by atoms with Gasteiger partial charge in [-0.15, -0.1) is 0 Å². The molecule has 0 aliphatic carbocycles. The van der Waals surface area contributed by atoms with Crippen LogP contribution >= 0.6 is 11.6 Å². The Morgan fingerprint density at radius 1 is 1.25 bits per heavy atom. The van der Waals surface area contributed by atoms with E-state index in [1.54, 1.807) is 6.07 Å². The van der Waals surface area contributed by atoms with E-state index < -0.39 is 0 Å². The van der Waals surface area contributed by atoms with E-state index in [0.29, 0.717) is 42.6 Å². The van der Waals surface area contributed by atoms with Crippen molar-refractivity contribution in [2.75, 3.05) is 26.3 Å². The van der Waals surface area contributed by atoms with Gasteiger partial charge in [-0.2, -0.15) is 0 Å². The second-order valence-corrected chi connectivity index (χ2v) is 5.82. The maximum Gasteiger partial charge on any atom is 0.182 e. The smallest absolute Gasteiger partial charge is 0.182 e. The van der Waals surface area contributed by atoms with Gasteiger partial charge in [0, 0.05) is 6.42 Å². The molecule has 2 heterocycles. The molecule has 0 unspecified atom stereocenters. The van der Waals surface area contributed by atoms with Crippen LogP contribution in [0.1, 0.15) is 24.8 Å². The monoisotopic (exact) mass is 299 g/mol. The van der Waals surface area contributed by atoms with Gasteiger partial charge in [-0.25, -0.2) is 4.39 Å². The minimum Gasteiger partial charge on any atom is -0.489 e. The van der Waals surface area contributed by atoms with Crippen molar-refractivity contribution < 1.29 is 13.9 Å². The fourth-order valence-electron chi connectivity index (χ4n) is 2.84. The summed E-state index contributed by atoms with van der Waals surface area (Å²) in [7, 11) is 0. The number of halogens is 2. The maximum atomic E-state index is 14.4. The summed E-state index contributed by atoms with van der Waals surface area (Å²) in [5, 5.41) is 3.38. The first-order valence-electron chi connectivity index (χ1n) is 7.23. The predicted octanol–water partition coefficient (Wildman–Crippen LogP) is 3.18. The van der Waals surface area contributed by atoms with E-state index in [1.807, 2.05) is 0 Å². The predicted molar refractivity (Wildman–Crippen MR) is 76.3 cm³/mol. The molecule has 0 saturated carbocycles. The van der Waals surface area contributed by atoms with Crippen LogP contribution in [0.2, 0.25) is 5.02 Å². The van der Waals surface area contributed by atoms with Gasteiger partial charge in [0.1, 0.15) is 10.8 Å². The molecular weight excluding hydrogens is 281 g/mol. The Kier molecular flexibility index (Phi) is 4.32. The average molecular weight is 300 g/mol. The molecular formula is C15H19ClFNO2. The van der Waals surface area contributed by atoms with Crippen molar-refractivity contribution in [2.24, 2.45) is 5.92 Å². The van der Waals surface area contributed by atoms with Gasteiger partial charge in [0.2, 0.25) is 0 Å². The molecule has 1 N–H and O–H groups in total. The molecule has 3 rings (SSSR count). The number of benzene rings is 1. The second-order valence-electron chi connectivity index (χ2n) is 5.44. The van der Waals surface area contributed by atoms with Gasteiger partial charge in [-0.3, -0.25) is 0 Å². The highest BCUT2D eigenvalue weighted by atomic mass is 35.5. The van der Waals surface area contributed by atoms with Gasteiger partial charge >= 0.3 is 0 Å². The first kappa shape index (κ1) is 14.0. The molecule has 5 heteroatoms. The number of rotatable bonds is 2. The number of ether oxygens (including phenoxy) is 2. The van der Waals surface area contributed by atoms with Gasteiger partial charge in [0.25, 0.3) is 0 Å². The Hall–Kier alpha value is -1.00. The summed E-state index contributed by atoms with van der Waals surface area (Å²) in [5.74, 6) is 1.09. The highest BCUT2D eigenvalue weighted by molar-refractivity contribution is 6.32. The number of nitrogens with one attached hydrogen (secondary N) is 1. The molecule has 0 bridgehead atoms.